The molecule has 0 radical (unpaired) electrons. The van der Waals surface area contributed by atoms with Gasteiger partial charge in [-0.15, -0.1) is 0 Å². The van der Waals surface area contributed by atoms with E-state index in [1.54, 1.807) is 0 Å². The van der Waals surface area contributed by atoms with Crippen LogP contribution in [-0.4, -0.2) is 35.6 Å². The molecule has 5 heteroatoms. The van der Waals surface area contributed by atoms with Gasteiger partial charge in [0.25, 0.3) is 0 Å². The van der Waals surface area contributed by atoms with Gasteiger partial charge in [0.1, 0.15) is 5.82 Å². The minimum atomic E-state index is 0.660. The van der Waals surface area contributed by atoms with Crippen molar-refractivity contribution in [2.75, 3.05) is 36.2 Å². The van der Waals surface area contributed by atoms with E-state index >= 15 is 0 Å². The van der Waals surface area contributed by atoms with E-state index in [0.29, 0.717) is 5.95 Å². The van der Waals surface area contributed by atoms with Gasteiger partial charge >= 0.3 is 0 Å². The fraction of sp³-hybridized carbons (Fsp3) is 0.600. The zero-order chi connectivity index (χ0) is 11.1. The zero-order valence-corrected chi connectivity index (χ0v) is 10.3. The summed E-state index contributed by atoms with van der Waals surface area (Å²) < 4.78 is 0. The lowest BCUT2D eigenvalue weighted by Crippen LogP contribution is -2.08. The van der Waals surface area contributed by atoms with Crippen LogP contribution in [0, 0.1) is 6.92 Å². The Labute approximate surface area is 95.3 Å². The summed E-state index contributed by atoms with van der Waals surface area (Å²) in [5.74, 6) is 2.76. The van der Waals surface area contributed by atoms with Crippen LogP contribution in [0.5, 0.6) is 0 Å². The molecule has 0 saturated carbocycles. The predicted molar refractivity (Wildman–Crippen MR) is 67.8 cm³/mol. The van der Waals surface area contributed by atoms with Crippen molar-refractivity contribution in [3.05, 3.63) is 11.8 Å². The van der Waals surface area contributed by atoms with Crippen LogP contribution in [-0.2, 0) is 0 Å². The molecule has 2 N–H and O–H groups in total. The first-order valence-electron chi connectivity index (χ1n) is 5.02. The van der Waals surface area contributed by atoms with E-state index in [1.165, 1.54) is 5.75 Å². The quantitative estimate of drug-likeness (QED) is 0.727. The highest BCUT2D eigenvalue weighted by Crippen LogP contribution is 2.12. The molecule has 0 aliphatic carbocycles. The van der Waals surface area contributed by atoms with E-state index < -0.39 is 0 Å². The molecule has 0 bridgehead atoms. The van der Waals surface area contributed by atoms with E-state index in [-0.39, 0.29) is 0 Å². The Morgan fingerprint density at radius 2 is 2.27 bits per heavy atom. The van der Waals surface area contributed by atoms with Crippen LogP contribution in [0.3, 0.4) is 0 Å². The molecule has 0 unspecified atom stereocenters. The predicted octanol–water partition coefficient (Wildman–Crippen LogP) is 1.99. The third kappa shape index (κ3) is 3.95. The largest absolute Gasteiger partial charge is 0.370 e. The van der Waals surface area contributed by atoms with Gasteiger partial charge in [-0.25, -0.2) is 4.98 Å². The Hall–Kier alpha value is -0.970. The second kappa shape index (κ2) is 6.50. The standard InChI is InChI=1S/C10H18N4S/c1-8-7-13-10(11-2)14-9(8)12-5-4-6-15-3/h7H,4-6H2,1-3H3,(H2,11,12,13,14). The highest BCUT2D eigenvalue weighted by atomic mass is 32.2. The molecule has 0 fully saturated rings. The fourth-order valence-electron chi connectivity index (χ4n) is 1.16. The molecule has 0 aliphatic rings. The summed E-state index contributed by atoms with van der Waals surface area (Å²) in [6.45, 7) is 2.97. The Morgan fingerprint density at radius 3 is 2.93 bits per heavy atom. The number of nitrogens with one attached hydrogen (secondary N) is 2. The SMILES string of the molecule is CNc1ncc(C)c(NCCCSC)n1. The van der Waals surface area contributed by atoms with E-state index in [2.05, 4.69) is 26.9 Å². The Morgan fingerprint density at radius 1 is 1.47 bits per heavy atom. The molecule has 84 valence electrons. The van der Waals surface area contributed by atoms with Gasteiger partial charge in [-0.3, -0.25) is 0 Å². The summed E-state index contributed by atoms with van der Waals surface area (Å²) in [5, 5.41) is 6.25. The molecule has 0 aromatic carbocycles. The van der Waals surface area contributed by atoms with E-state index in [9.17, 15) is 0 Å². The van der Waals surface area contributed by atoms with Crippen molar-refractivity contribution in [3.8, 4) is 0 Å². The first-order chi connectivity index (χ1) is 7.27. The molecule has 1 aromatic rings. The molecule has 0 spiro atoms. The van der Waals surface area contributed by atoms with Crippen molar-refractivity contribution in [2.24, 2.45) is 0 Å². The lowest BCUT2D eigenvalue weighted by molar-refractivity contribution is 0.971. The van der Waals surface area contributed by atoms with Crippen LogP contribution in [0.15, 0.2) is 6.20 Å². The second-order valence-electron chi connectivity index (χ2n) is 3.25. The third-order valence-electron chi connectivity index (χ3n) is 2.01. The number of aromatic nitrogens is 2. The number of aryl methyl sites for hydroxylation is 1. The van der Waals surface area contributed by atoms with E-state index in [4.69, 9.17) is 0 Å². The minimum Gasteiger partial charge on any atom is -0.370 e. The van der Waals surface area contributed by atoms with Crippen molar-refractivity contribution in [2.45, 2.75) is 13.3 Å². The highest BCUT2D eigenvalue weighted by Gasteiger charge is 2.01. The Bertz CT molecular complexity index is 303. The summed E-state index contributed by atoms with van der Waals surface area (Å²) in [4.78, 5) is 8.48. The van der Waals surface area contributed by atoms with Gasteiger partial charge in [-0.2, -0.15) is 16.7 Å². The van der Waals surface area contributed by atoms with Crippen molar-refractivity contribution < 1.29 is 0 Å². The average molecular weight is 226 g/mol. The Balaban J connectivity index is 2.51. The van der Waals surface area contributed by atoms with Gasteiger partial charge in [0.15, 0.2) is 0 Å². The van der Waals surface area contributed by atoms with Crippen molar-refractivity contribution >= 4 is 23.5 Å². The third-order valence-corrected chi connectivity index (χ3v) is 2.71. The molecule has 0 saturated heterocycles. The average Bonchev–Trinajstić information content (AvgIpc) is 2.26. The summed E-state index contributed by atoms with van der Waals surface area (Å²) in [6, 6.07) is 0. The van der Waals surface area contributed by atoms with Crippen LogP contribution < -0.4 is 10.6 Å². The van der Waals surface area contributed by atoms with Crippen LogP contribution in [0.1, 0.15) is 12.0 Å². The van der Waals surface area contributed by atoms with Crippen LogP contribution >= 0.6 is 11.8 Å². The van der Waals surface area contributed by atoms with Gasteiger partial charge in [0.2, 0.25) is 5.95 Å². The van der Waals surface area contributed by atoms with Crippen molar-refractivity contribution in [3.63, 3.8) is 0 Å². The number of nitrogens with zero attached hydrogens (tertiary/aromatic N) is 2. The lowest BCUT2D eigenvalue weighted by Gasteiger charge is -2.08. The van der Waals surface area contributed by atoms with E-state index in [1.807, 2.05) is 31.9 Å². The lowest BCUT2D eigenvalue weighted by atomic mass is 10.3. The maximum atomic E-state index is 4.35. The van der Waals surface area contributed by atoms with Gasteiger partial charge in [-0.1, -0.05) is 0 Å². The number of hydrogen-bond donors (Lipinski definition) is 2. The van der Waals surface area contributed by atoms with Gasteiger partial charge < -0.3 is 10.6 Å². The summed E-state index contributed by atoms with van der Waals surface area (Å²) >= 11 is 1.86. The number of rotatable bonds is 6. The molecule has 4 nitrogen and oxygen atoms in total. The first kappa shape index (κ1) is 12.1. The molecule has 0 aliphatic heterocycles. The minimum absolute atomic E-state index is 0.660. The molecule has 0 amide bonds. The second-order valence-corrected chi connectivity index (χ2v) is 4.23. The number of thioether (sulfide) groups is 1. The number of anilines is 2. The maximum Gasteiger partial charge on any atom is 0.224 e. The first-order valence-corrected chi connectivity index (χ1v) is 6.41. The smallest absolute Gasteiger partial charge is 0.224 e. The normalized spacial score (nSPS) is 10.1. The summed E-state index contributed by atoms with van der Waals surface area (Å²) in [5.41, 5.74) is 1.08. The van der Waals surface area contributed by atoms with Gasteiger partial charge in [0, 0.05) is 25.4 Å². The topological polar surface area (TPSA) is 49.8 Å². The molecule has 1 rings (SSSR count). The van der Waals surface area contributed by atoms with Crippen LogP contribution in [0.4, 0.5) is 11.8 Å². The van der Waals surface area contributed by atoms with Crippen molar-refractivity contribution in [1.82, 2.24) is 9.97 Å². The monoisotopic (exact) mass is 226 g/mol. The van der Waals surface area contributed by atoms with Gasteiger partial charge in [-0.05, 0) is 25.4 Å². The molecule has 0 atom stereocenters. The zero-order valence-electron chi connectivity index (χ0n) is 9.50. The van der Waals surface area contributed by atoms with Crippen LogP contribution in [0.2, 0.25) is 0 Å². The molecular weight excluding hydrogens is 208 g/mol. The molecular formula is C10H18N4S. The highest BCUT2D eigenvalue weighted by molar-refractivity contribution is 7.98. The van der Waals surface area contributed by atoms with E-state index in [0.717, 1.165) is 24.3 Å². The summed E-state index contributed by atoms with van der Waals surface area (Å²) in [6.07, 6.45) is 5.10. The van der Waals surface area contributed by atoms with Crippen molar-refractivity contribution in [1.29, 1.82) is 0 Å². The fourth-order valence-corrected chi connectivity index (χ4v) is 1.60. The molecule has 1 heterocycles. The maximum absolute atomic E-state index is 4.35. The Kier molecular flexibility index (Phi) is 5.25. The number of hydrogen-bond acceptors (Lipinski definition) is 5. The molecule has 15 heavy (non-hydrogen) atoms. The van der Waals surface area contributed by atoms with Crippen LogP contribution in [0.25, 0.3) is 0 Å². The molecule has 1 aromatic heterocycles. The summed E-state index contributed by atoms with van der Waals surface area (Å²) in [7, 11) is 1.82. The van der Waals surface area contributed by atoms with Gasteiger partial charge in [0.05, 0.1) is 0 Å².